The summed E-state index contributed by atoms with van der Waals surface area (Å²) in [6.07, 6.45) is 1.70. The molecule has 0 radical (unpaired) electrons. The molecule has 6 heteroatoms. The molecule has 0 bridgehead atoms. The number of amides is 1. The van der Waals surface area contributed by atoms with Gasteiger partial charge in [0.25, 0.3) is 0 Å². The molecule has 15 heavy (non-hydrogen) atoms. The van der Waals surface area contributed by atoms with Gasteiger partial charge >= 0.3 is 0 Å². The molecule has 2 fully saturated rings. The molecule has 1 atom stereocenters. The van der Waals surface area contributed by atoms with E-state index in [4.69, 9.17) is 0 Å². The molecular weight excluding hydrogens is 216 g/mol. The predicted molar refractivity (Wildman–Crippen MR) is 56.0 cm³/mol. The highest BCUT2D eigenvalue weighted by Crippen LogP contribution is 2.24. The van der Waals surface area contributed by atoms with Crippen molar-refractivity contribution in [2.24, 2.45) is 0 Å². The van der Waals surface area contributed by atoms with E-state index in [1.54, 1.807) is 4.90 Å². The zero-order valence-electron chi connectivity index (χ0n) is 8.61. The molecule has 2 heterocycles. The van der Waals surface area contributed by atoms with Gasteiger partial charge in [-0.3, -0.25) is 4.79 Å². The minimum absolute atomic E-state index is 0.0320. The summed E-state index contributed by atoms with van der Waals surface area (Å²) in [5, 5.41) is 2.55. The van der Waals surface area contributed by atoms with Crippen molar-refractivity contribution in [2.75, 3.05) is 25.4 Å². The van der Waals surface area contributed by atoms with Crippen LogP contribution in [-0.4, -0.2) is 50.0 Å². The topological polar surface area (TPSA) is 66.5 Å². The molecule has 86 valence electrons. The number of carbonyl (C=O) groups excluding carboxylic acids is 1. The third-order valence-electron chi connectivity index (χ3n) is 3.01. The monoisotopic (exact) mass is 232 g/mol. The Kier molecular flexibility index (Phi) is 2.97. The number of nitrogens with one attached hydrogen (secondary N) is 1. The number of nitrogens with zero attached hydrogens (tertiary/aromatic N) is 1. The summed E-state index contributed by atoms with van der Waals surface area (Å²) in [5.41, 5.74) is 0. The Morgan fingerprint density at radius 1 is 1.33 bits per heavy atom. The van der Waals surface area contributed by atoms with Gasteiger partial charge in [0.15, 0.2) is 9.84 Å². The number of rotatable bonds is 1. The lowest BCUT2D eigenvalue weighted by molar-refractivity contribution is -0.131. The second-order valence-corrected chi connectivity index (χ2v) is 6.33. The first-order valence-electron chi connectivity index (χ1n) is 5.33. The van der Waals surface area contributed by atoms with Crippen LogP contribution < -0.4 is 5.32 Å². The van der Waals surface area contributed by atoms with E-state index in [1.807, 2.05) is 0 Å². The van der Waals surface area contributed by atoms with Crippen molar-refractivity contribution >= 4 is 15.7 Å². The summed E-state index contributed by atoms with van der Waals surface area (Å²) in [6, 6.07) is 0. The van der Waals surface area contributed by atoms with Crippen molar-refractivity contribution in [3.63, 3.8) is 0 Å². The molecule has 1 unspecified atom stereocenters. The van der Waals surface area contributed by atoms with E-state index in [0.29, 0.717) is 38.9 Å². The van der Waals surface area contributed by atoms with E-state index < -0.39 is 15.2 Å². The van der Waals surface area contributed by atoms with Crippen LogP contribution in [0.4, 0.5) is 0 Å². The normalized spacial score (nSPS) is 31.6. The molecule has 2 aliphatic heterocycles. The number of hydrogen-bond acceptors (Lipinski definition) is 4. The highest BCUT2D eigenvalue weighted by atomic mass is 32.2. The molecule has 2 saturated heterocycles. The lowest BCUT2D eigenvalue weighted by atomic mass is 10.3. The predicted octanol–water partition coefficient (Wildman–Crippen LogP) is -0.657. The maximum absolute atomic E-state index is 11.7. The summed E-state index contributed by atoms with van der Waals surface area (Å²) in [5.74, 6) is 0.199. The minimum atomic E-state index is -3.06. The number of hydrogen-bond donors (Lipinski definition) is 1. The number of sulfone groups is 1. The first-order valence-corrected chi connectivity index (χ1v) is 7.04. The molecule has 0 aromatic heterocycles. The third-order valence-corrected chi connectivity index (χ3v) is 5.18. The van der Waals surface area contributed by atoms with E-state index in [2.05, 4.69) is 5.32 Å². The Morgan fingerprint density at radius 2 is 2.13 bits per heavy atom. The molecule has 0 spiro atoms. The van der Waals surface area contributed by atoms with Crippen molar-refractivity contribution in [2.45, 2.75) is 24.6 Å². The molecule has 0 saturated carbocycles. The van der Waals surface area contributed by atoms with Crippen LogP contribution in [0.25, 0.3) is 0 Å². The maximum atomic E-state index is 11.7. The Hall–Kier alpha value is -0.620. The van der Waals surface area contributed by atoms with Gasteiger partial charge in [-0.1, -0.05) is 0 Å². The van der Waals surface area contributed by atoms with Crippen molar-refractivity contribution in [1.29, 1.82) is 0 Å². The SMILES string of the molecule is O=C1CCNCCN1C1CCCS1(=O)=O. The van der Waals surface area contributed by atoms with Crippen molar-refractivity contribution in [3.05, 3.63) is 0 Å². The fourth-order valence-corrected chi connectivity index (χ4v) is 4.19. The summed E-state index contributed by atoms with van der Waals surface area (Å²) < 4.78 is 23.4. The van der Waals surface area contributed by atoms with Crippen molar-refractivity contribution < 1.29 is 13.2 Å². The van der Waals surface area contributed by atoms with Crippen LogP contribution in [0, 0.1) is 0 Å². The van der Waals surface area contributed by atoms with Crippen LogP contribution in [0.1, 0.15) is 19.3 Å². The smallest absolute Gasteiger partial charge is 0.224 e. The Morgan fingerprint density at radius 3 is 2.80 bits per heavy atom. The Balaban J connectivity index is 2.17. The fourth-order valence-electron chi connectivity index (χ4n) is 2.22. The van der Waals surface area contributed by atoms with Gasteiger partial charge in [-0.15, -0.1) is 0 Å². The highest BCUT2D eigenvalue weighted by Gasteiger charge is 2.38. The zero-order chi connectivity index (χ0) is 10.9. The van der Waals surface area contributed by atoms with Gasteiger partial charge in [-0.2, -0.15) is 0 Å². The molecule has 0 aromatic rings. The van der Waals surface area contributed by atoms with Gasteiger partial charge in [0.2, 0.25) is 5.91 Å². The standard InChI is InChI=1S/C9H16N2O3S/c12-8-3-4-10-5-6-11(8)9-2-1-7-15(9,13)14/h9-10H,1-7H2. The quantitative estimate of drug-likeness (QED) is 0.652. The van der Waals surface area contributed by atoms with Gasteiger partial charge in [0.05, 0.1) is 5.75 Å². The first kappa shape index (κ1) is 10.9. The number of carbonyl (C=O) groups is 1. The lowest BCUT2D eigenvalue weighted by Crippen LogP contribution is -2.43. The fraction of sp³-hybridized carbons (Fsp3) is 0.889. The van der Waals surface area contributed by atoms with Crippen molar-refractivity contribution in [1.82, 2.24) is 10.2 Å². The molecule has 0 aromatic carbocycles. The lowest BCUT2D eigenvalue weighted by Gasteiger charge is -2.26. The van der Waals surface area contributed by atoms with Gasteiger partial charge < -0.3 is 10.2 Å². The molecule has 2 rings (SSSR count). The van der Waals surface area contributed by atoms with Gasteiger partial charge in [-0.05, 0) is 12.8 Å². The molecule has 0 aliphatic carbocycles. The van der Waals surface area contributed by atoms with Crippen LogP contribution in [0.15, 0.2) is 0 Å². The third kappa shape index (κ3) is 2.15. The Labute approximate surface area is 89.7 Å². The van der Waals surface area contributed by atoms with Gasteiger partial charge in [-0.25, -0.2) is 8.42 Å². The molecular formula is C9H16N2O3S. The summed E-state index contributed by atoms with van der Waals surface area (Å²) in [4.78, 5) is 13.3. The average molecular weight is 232 g/mol. The minimum Gasteiger partial charge on any atom is -0.324 e. The van der Waals surface area contributed by atoms with E-state index >= 15 is 0 Å². The van der Waals surface area contributed by atoms with E-state index in [-0.39, 0.29) is 11.7 Å². The maximum Gasteiger partial charge on any atom is 0.224 e. The molecule has 5 nitrogen and oxygen atoms in total. The van der Waals surface area contributed by atoms with Crippen LogP contribution in [0.5, 0.6) is 0 Å². The first-order chi connectivity index (χ1) is 7.11. The van der Waals surface area contributed by atoms with Crippen LogP contribution in [0.2, 0.25) is 0 Å². The van der Waals surface area contributed by atoms with Crippen LogP contribution >= 0.6 is 0 Å². The molecule has 2 aliphatic rings. The highest BCUT2D eigenvalue weighted by molar-refractivity contribution is 7.92. The second-order valence-electron chi connectivity index (χ2n) is 4.05. The van der Waals surface area contributed by atoms with Crippen LogP contribution in [-0.2, 0) is 14.6 Å². The van der Waals surface area contributed by atoms with Crippen molar-refractivity contribution in [3.8, 4) is 0 Å². The Bertz CT molecular complexity index is 352. The summed E-state index contributed by atoms with van der Waals surface area (Å²) in [7, 11) is -3.06. The van der Waals surface area contributed by atoms with Gasteiger partial charge in [0, 0.05) is 26.1 Å². The van der Waals surface area contributed by atoms with Crippen LogP contribution in [0.3, 0.4) is 0 Å². The second kappa shape index (κ2) is 4.09. The average Bonchev–Trinajstić information content (AvgIpc) is 2.39. The summed E-state index contributed by atoms with van der Waals surface area (Å²) in [6.45, 7) is 1.86. The van der Waals surface area contributed by atoms with E-state index in [1.165, 1.54) is 0 Å². The van der Waals surface area contributed by atoms with Gasteiger partial charge in [0.1, 0.15) is 5.37 Å². The molecule has 1 N–H and O–H groups in total. The zero-order valence-corrected chi connectivity index (χ0v) is 9.42. The summed E-state index contributed by atoms with van der Waals surface area (Å²) >= 11 is 0. The molecule has 1 amide bonds. The largest absolute Gasteiger partial charge is 0.324 e. The van der Waals surface area contributed by atoms with E-state index in [9.17, 15) is 13.2 Å². The van der Waals surface area contributed by atoms with E-state index in [0.717, 1.165) is 0 Å².